The SMILES string of the molecule is CCCCCCCCCCCCCCC(=O)OCCC(C)(O)CCO. The predicted octanol–water partition coefficient (Wildman–Crippen LogP) is 5.14. The fraction of sp³-hybridized carbons (Fsp3) is 0.952. The quantitative estimate of drug-likeness (QED) is 0.263. The molecule has 0 bridgehead atoms. The van der Waals surface area contributed by atoms with Crippen molar-refractivity contribution in [1.29, 1.82) is 0 Å². The van der Waals surface area contributed by atoms with Gasteiger partial charge in [0.15, 0.2) is 0 Å². The lowest BCUT2D eigenvalue weighted by Crippen LogP contribution is -2.27. The second-order valence-corrected chi connectivity index (χ2v) is 7.58. The van der Waals surface area contributed by atoms with Gasteiger partial charge >= 0.3 is 5.97 Å². The number of hydrogen-bond donors (Lipinski definition) is 2. The number of esters is 1. The third-order valence-corrected chi connectivity index (χ3v) is 4.79. The first-order valence-electron chi connectivity index (χ1n) is 10.5. The van der Waals surface area contributed by atoms with Gasteiger partial charge in [0.2, 0.25) is 0 Å². The molecule has 0 aromatic carbocycles. The second kappa shape index (κ2) is 16.8. The molecule has 0 radical (unpaired) electrons. The van der Waals surface area contributed by atoms with Gasteiger partial charge < -0.3 is 14.9 Å². The lowest BCUT2D eigenvalue weighted by atomic mass is 9.99. The van der Waals surface area contributed by atoms with E-state index < -0.39 is 5.60 Å². The Morgan fingerprint density at radius 3 is 1.80 bits per heavy atom. The van der Waals surface area contributed by atoms with Crippen LogP contribution in [0.25, 0.3) is 0 Å². The summed E-state index contributed by atoms with van der Waals surface area (Å²) in [5.74, 6) is -0.174. The molecule has 0 saturated heterocycles. The van der Waals surface area contributed by atoms with Crippen LogP contribution >= 0.6 is 0 Å². The molecule has 0 heterocycles. The molecule has 1 unspecified atom stereocenters. The number of rotatable bonds is 18. The number of carbonyl (C=O) groups is 1. The summed E-state index contributed by atoms with van der Waals surface area (Å²) in [4.78, 5) is 11.6. The van der Waals surface area contributed by atoms with Gasteiger partial charge in [0.05, 0.1) is 12.2 Å². The summed E-state index contributed by atoms with van der Waals surface area (Å²) in [6.07, 6.45) is 16.5. The summed E-state index contributed by atoms with van der Waals surface area (Å²) in [5.41, 5.74) is -0.953. The summed E-state index contributed by atoms with van der Waals surface area (Å²) >= 11 is 0. The molecule has 2 N–H and O–H groups in total. The van der Waals surface area contributed by atoms with Crippen molar-refractivity contribution < 1.29 is 19.7 Å². The van der Waals surface area contributed by atoms with Gasteiger partial charge in [0, 0.05) is 19.4 Å². The number of aliphatic hydroxyl groups is 2. The Labute approximate surface area is 155 Å². The van der Waals surface area contributed by atoms with Crippen LogP contribution in [0.15, 0.2) is 0 Å². The van der Waals surface area contributed by atoms with Gasteiger partial charge in [-0.05, 0) is 19.8 Å². The van der Waals surface area contributed by atoms with E-state index in [1.165, 1.54) is 64.2 Å². The van der Waals surface area contributed by atoms with Crippen LogP contribution < -0.4 is 0 Å². The zero-order valence-corrected chi connectivity index (χ0v) is 16.7. The van der Waals surface area contributed by atoms with E-state index in [-0.39, 0.29) is 19.2 Å². The molecule has 25 heavy (non-hydrogen) atoms. The van der Waals surface area contributed by atoms with Crippen molar-refractivity contribution in [2.24, 2.45) is 0 Å². The smallest absolute Gasteiger partial charge is 0.305 e. The van der Waals surface area contributed by atoms with Crippen molar-refractivity contribution in [3.63, 3.8) is 0 Å². The van der Waals surface area contributed by atoms with Crippen molar-refractivity contribution in [3.8, 4) is 0 Å². The Bertz CT molecular complexity index is 302. The maximum atomic E-state index is 11.6. The topological polar surface area (TPSA) is 66.8 Å². The van der Waals surface area contributed by atoms with E-state index >= 15 is 0 Å². The normalized spacial score (nSPS) is 13.6. The lowest BCUT2D eigenvalue weighted by molar-refractivity contribution is -0.145. The van der Waals surface area contributed by atoms with Gasteiger partial charge in [0.25, 0.3) is 0 Å². The van der Waals surface area contributed by atoms with Crippen molar-refractivity contribution in [2.75, 3.05) is 13.2 Å². The van der Waals surface area contributed by atoms with Gasteiger partial charge in [-0.3, -0.25) is 4.79 Å². The summed E-state index contributed by atoms with van der Waals surface area (Å²) in [6, 6.07) is 0. The fourth-order valence-corrected chi connectivity index (χ4v) is 2.93. The van der Waals surface area contributed by atoms with Crippen LogP contribution in [0.2, 0.25) is 0 Å². The molecule has 150 valence electrons. The molecular formula is C21H42O4. The highest BCUT2D eigenvalue weighted by Gasteiger charge is 2.19. The summed E-state index contributed by atoms with van der Waals surface area (Å²) in [5, 5.41) is 18.7. The molecule has 0 aliphatic carbocycles. The van der Waals surface area contributed by atoms with Gasteiger partial charge in [-0.25, -0.2) is 0 Å². The Morgan fingerprint density at radius 2 is 1.32 bits per heavy atom. The third kappa shape index (κ3) is 18.0. The van der Waals surface area contributed by atoms with Crippen LogP contribution in [0.3, 0.4) is 0 Å². The summed E-state index contributed by atoms with van der Waals surface area (Å²) < 4.78 is 5.14. The molecule has 0 rings (SSSR count). The van der Waals surface area contributed by atoms with E-state index in [1.807, 2.05) is 0 Å². The van der Waals surface area contributed by atoms with Crippen LogP contribution in [0, 0.1) is 0 Å². The van der Waals surface area contributed by atoms with Crippen LogP contribution in [0.1, 0.15) is 110 Å². The van der Waals surface area contributed by atoms with Crippen molar-refractivity contribution in [2.45, 2.75) is 116 Å². The molecule has 4 heteroatoms. The molecule has 0 fully saturated rings. The third-order valence-electron chi connectivity index (χ3n) is 4.79. The fourth-order valence-electron chi connectivity index (χ4n) is 2.93. The Hall–Kier alpha value is -0.610. The minimum Gasteiger partial charge on any atom is -0.466 e. The van der Waals surface area contributed by atoms with Gasteiger partial charge in [-0.2, -0.15) is 0 Å². The highest BCUT2D eigenvalue weighted by Crippen LogP contribution is 2.15. The first kappa shape index (κ1) is 24.4. The second-order valence-electron chi connectivity index (χ2n) is 7.58. The molecule has 4 nitrogen and oxygen atoms in total. The van der Waals surface area contributed by atoms with E-state index in [1.54, 1.807) is 6.92 Å². The molecule has 0 spiro atoms. The van der Waals surface area contributed by atoms with Crippen LogP contribution in [-0.4, -0.2) is 35.0 Å². The average molecular weight is 359 g/mol. The summed E-state index contributed by atoms with van der Waals surface area (Å²) in [6.45, 7) is 4.08. The molecule has 0 aliphatic heterocycles. The summed E-state index contributed by atoms with van der Waals surface area (Å²) in [7, 11) is 0. The van der Waals surface area contributed by atoms with Crippen LogP contribution in [0.4, 0.5) is 0 Å². The van der Waals surface area contributed by atoms with Crippen molar-refractivity contribution in [1.82, 2.24) is 0 Å². The molecule has 0 aromatic rings. The number of aliphatic hydroxyl groups excluding tert-OH is 1. The standard InChI is InChI=1S/C21H42O4/c1-3-4-5-6-7-8-9-10-11-12-13-14-15-20(23)25-19-17-21(2,24)16-18-22/h22,24H,3-19H2,1-2H3. The molecule has 0 aliphatic rings. The van der Waals surface area contributed by atoms with Gasteiger partial charge in [0.1, 0.15) is 0 Å². The maximum absolute atomic E-state index is 11.6. The maximum Gasteiger partial charge on any atom is 0.305 e. The molecular weight excluding hydrogens is 316 g/mol. The molecule has 0 amide bonds. The molecule has 1 atom stereocenters. The first-order chi connectivity index (χ1) is 12.0. The van der Waals surface area contributed by atoms with E-state index in [2.05, 4.69) is 6.92 Å². The zero-order valence-electron chi connectivity index (χ0n) is 16.7. The van der Waals surface area contributed by atoms with Crippen molar-refractivity contribution in [3.05, 3.63) is 0 Å². The number of carbonyl (C=O) groups excluding carboxylic acids is 1. The monoisotopic (exact) mass is 358 g/mol. The average Bonchev–Trinajstić information content (AvgIpc) is 2.55. The Morgan fingerprint density at radius 1 is 0.840 bits per heavy atom. The Balaban J connectivity index is 3.30. The van der Waals surface area contributed by atoms with E-state index in [0.717, 1.165) is 12.8 Å². The van der Waals surface area contributed by atoms with E-state index in [0.29, 0.717) is 19.3 Å². The highest BCUT2D eigenvalue weighted by molar-refractivity contribution is 5.69. The first-order valence-corrected chi connectivity index (χ1v) is 10.5. The lowest BCUT2D eigenvalue weighted by Gasteiger charge is -2.21. The van der Waals surface area contributed by atoms with Crippen LogP contribution in [-0.2, 0) is 9.53 Å². The highest BCUT2D eigenvalue weighted by atomic mass is 16.5. The Kier molecular flexibility index (Phi) is 16.4. The van der Waals surface area contributed by atoms with E-state index in [9.17, 15) is 9.90 Å². The molecule has 0 saturated carbocycles. The van der Waals surface area contributed by atoms with Gasteiger partial charge in [-0.15, -0.1) is 0 Å². The zero-order chi connectivity index (χ0) is 18.8. The minimum atomic E-state index is -0.953. The van der Waals surface area contributed by atoms with E-state index in [4.69, 9.17) is 9.84 Å². The predicted molar refractivity (Wildman–Crippen MR) is 104 cm³/mol. The number of hydrogen-bond acceptors (Lipinski definition) is 4. The van der Waals surface area contributed by atoms with Crippen molar-refractivity contribution >= 4 is 5.97 Å². The van der Waals surface area contributed by atoms with Crippen LogP contribution in [0.5, 0.6) is 0 Å². The number of ether oxygens (including phenoxy) is 1. The number of unbranched alkanes of at least 4 members (excludes halogenated alkanes) is 11. The van der Waals surface area contributed by atoms with Gasteiger partial charge in [-0.1, -0.05) is 77.6 Å². The largest absolute Gasteiger partial charge is 0.466 e. The molecule has 0 aromatic heterocycles. The minimum absolute atomic E-state index is 0.0558.